The third-order valence-corrected chi connectivity index (χ3v) is 5.57. The van der Waals surface area contributed by atoms with Crippen LogP contribution >= 0.6 is 11.6 Å². The fourth-order valence-electron chi connectivity index (χ4n) is 3.65. The lowest BCUT2D eigenvalue weighted by molar-refractivity contribution is -0.274. The molecular weight excluding hydrogens is 487 g/mol. The van der Waals surface area contributed by atoms with Gasteiger partial charge in [-0.2, -0.15) is 5.10 Å². The largest absolute Gasteiger partial charge is 0.573 e. The first kappa shape index (κ1) is 24.6. The quantitative estimate of drug-likeness (QED) is 0.179. The second-order valence-electron chi connectivity index (χ2n) is 7.63. The summed E-state index contributed by atoms with van der Waals surface area (Å²) in [7, 11) is 0. The molecule has 0 aliphatic rings. The van der Waals surface area contributed by atoms with Crippen LogP contribution in [0.15, 0.2) is 52.0 Å². The van der Waals surface area contributed by atoms with Crippen molar-refractivity contribution in [2.75, 3.05) is 13.2 Å². The molecule has 0 bridgehead atoms. The molecule has 0 saturated heterocycles. The van der Waals surface area contributed by atoms with Crippen LogP contribution in [0.25, 0.3) is 21.9 Å². The summed E-state index contributed by atoms with van der Waals surface area (Å²) in [5.74, 6) is -0.930. The van der Waals surface area contributed by atoms with Crippen LogP contribution in [0.5, 0.6) is 5.75 Å². The number of hydrazone groups is 1. The molecule has 4 aromatic rings. The van der Waals surface area contributed by atoms with E-state index in [4.69, 9.17) is 20.8 Å². The number of hydrogen-bond acceptors (Lipinski definition) is 5. The van der Waals surface area contributed by atoms with E-state index in [1.807, 2.05) is 26.0 Å². The van der Waals surface area contributed by atoms with Crippen molar-refractivity contribution in [3.63, 3.8) is 0 Å². The fraction of sp³-hybridized carbons (Fsp3) is 0.250. The molecule has 4 rings (SSSR count). The Bertz CT molecular complexity index is 1410. The minimum atomic E-state index is -4.84. The Morgan fingerprint density at radius 2 is 2.03 bits per heavy atom. The normalized spacial score (nSPS) is 12.2. The summed E-state index contributed by atoms with van der Waals surface area (Å²) >= 11 is 6.54. The van der Waals surface area contributed by atoms with Gasteiger partial charge >= 0.3 is 12.3 Å². The van der Waals surface area contributed by atoms with Crippen LogP contribution in [0, 0.1) is 6.92 Å². The second-order valence-corrected chi connectivity index (χ2v) is 7.99. The zero-order chi connectivity index (χ0) is 25.2. The van der Waals surface area contributed by atoms with Gasteiger partial charge in [0.05, 0.1) is 18.3 Å². The van der Waals surface area contributed by atoms with Gasteiger partial charge in [0.1, 0.15) is 16.5 Å². The number of alkyl halides is 3. The molecule has 0 atom stereocenters. The first-order valence-electron chi connectivity index (χ1n) is 10.6. The summed E-state index contributed by atoms with van der Waals surface area (Å²) in [6.45, 7) is 4.99. The minimum absolute atomic E-state index is 0.0638. The van der Waals surface area contributed by atoms with E-state index >= 15 is 0 Å². The third-order valence-electron chi connectivity index (χ3n) is 5.16. The number of nitrogens with one attached hydrogen (secondary N) is 1. The first-order chi connectivity index (χ1) is 16.7. The highest BCUT2D eigenvalue weighted by molar-refractivity contribution is 6.34. The zero-order valence-electron chi connectivity index (χ0n) is 18.8. The number of amides is 1. The maximum Gasteiger partial charge on any atom is 0.573 e. The Kier molecular flexibility index (Phi) is 7.04. The van der Waals surface area contributed by atoms with Gasteiger partial charge in [-0.15, -0.1) is 13.2 Å². The number of carbonyl (C=O) groups excluding carboxylic acids is 1. The summed E-state index contributed by atoms with van der Waals surface area (Å²) in [5.41, 5.74) is 4.81. The van der Waals surface area contributed by atoms with E-state index in [-0.39, 0.29) is 10.9 Å². The number of carbonyl (C=O) groups is 1. The molecule has 2 aromatic carbocycles. The molecule has 0 fully saturated rings. The van der Waals surface area contributed by atoms with E-state index in [0.29, 0.717) is 41.8 Å². The van der Waals surface area contributed by atoms with Crippen LogP contribution in [0.4, 0.5) is 13.2 Å². The average Bonchev–Trinajstić information content (AvgIpc) is 3.32. The summed E-state index contributed by atoms with van der Waals surface area (Å²) < 4.78 is 54.9. The number of aryl methyl sites for hydroxylation is 1. The summed E-state index contributed by atoms with van der Waals surface area (Å²) in [6, 6.07) is 11.0. The van der Waals surface area contributed by atoms with Crippen molar-refractivity contribution in [2.24, 2.45) is 5.10 Å². The number of halogens is 4. The maximum absolute atomic E-state index is 12.7. The highest BCUT2D eigenvalue weighted by atomic mass is 35.5. The highest BCUT2D eigenvalue weighted by Gasteiger charge is 2.31. The van der Waals surface area contributed by atoms with Crippen LogP contribution < -0.4 is 10.2 Å². The Balaban J connectivity index is 1.62. The maximum atomic E-state index is 12.7. The molecule has 0 aliphatic heterocycles. The number of hydrogen-bond donors (Lipinski definition) is 1. The van der Waals surface area contributed by atoms with Crippen LogP contribution in [0.3, 0.4) is 0 Å². The molecule has 1 amide bonds. The molecule has 2 heterocycles. The molecule has 0 saturated carbocycles. The van der Waals surface area contributed by atoms with E-state index in [9.17, 15) is 18.0 Å². The van der Waals surface area contributed by atoms with Gasteiger partial charge in [0.25, 0.3) is 0 Å². The minimum Gasteiger partial charge on any atom is -0.451 e. The third kappa shape index (κ3) is 5.60. The smallest absolute Gasteiger partial charge is 0.451 e. The first-order valence-corrected chi connectivity index (χ1v) is 11.0. The predicted octanol–water partition coefficient (Wildman–Crippen LogP) is 6.05. The van der Waals surface area contributed by atoms with Crippen molar-refractivity contribution in [3.05, 3.63) is 64.5 Å². The van der Waals surface area contributed by atoms with Gasteiger partial charge in [0.2, 0.25) is 0 Å². The zero-order valence-corrected chi connectivity index (χ0v) is 19.5. The molecule has 2 aromatic heterocycles. The number of nitrogens with zero attached hydrogens (tertiary/aromatic N) is 2. The highest BCUT2D eigenvalue weighted by Crippen LogP contribution is 2.33. The van der Waals surface area contributed by atoms with Gasteiger partial charge < -0.3 is 18.5 Å². The van der Waals surface area contributed by atoms with E-state index in [2.05, 4.69) is 15.3 Å². The topological polar surface area (TPSA) is 78.0 Å². The molecule has 35 heavy (non-hydrogen) atoms. The van der Waals surface area contributed by atoms with Crippen LogP contribution in [-0.4, -0.2) is 36.3 Å². The SMILES string of the molecule is CCOCCn1c(Cl)c(/C=N/NC(=O)c2cc3cc(C)ccc3o2)c2cc(OC(F)(F)F)ccc21. The predicted molar refractivity (Wildman–Crippen MR) is 126 cm³/mol. The summed E-state index contributed by atoms with van der Waals surface area (Å²) in [5, 5.41) is 5.32. The summed E-state index contributed by atoms with van der Waals surface area (Å²) in [6.07, 6.45) is -3.58. The lowest BCUT2D eigenvalue weighted by atomic mass is 10.2. The van der Waals surface area contributed by atoms with Gasteiger partial charge in [-0.05, 0) is 50.2 Å². The molecule has 0 aliphatic carbocycles. The lowest BCUT2D eigenvalue weighted by Crippen LogP contribution is -2.17. The number of benzene rings is 2. The van der Waals surface area contributed by atoms with E-state index < -0.39 is 18.0 Å². The molecule has 0 unspecified atom stereocenters. The lowest BCUT2D eigenvalue weighted by Gasteiger charge is -2.10. The van der Waals surface area contributed by atoms with Crippen molar-refractivity contribution in [2.45, 2.75) is 26.8 Å². The number of furan rings is 1. The van der Waals surface area contributed by atoms with Crippen molar-refractivity contribution in [3.8, 4) is 5.75 Å². The number of fused-ring (bicyclic) bond motifs is 2. The Morgan fingerprint density at radius 3 is 2.77 bits per heavy atom. The van der Waals surface area contributed by atoms with Crippen molar-refractivity contribution in [1.29, 1.82) is 0 Å². The average molecular weight is 508 g/mol. The van der Waals surface area contributed by atoms with E-state index in [0.717, 1.165) is 10.9 Å². The molecular formula is C24H21ClF3N3O4. The van der Waals surface area contributed by atoms with Crippen molar-refractivity contribution in [1.82, 2.24) is 9.99 Å². The molecule has 7 nitrogen and oxygen atoms in total. The number of aromatic nitrogens is 1. The molecule has 11 heteroatoms. The standard InChI is InChI=1S/C24H21ClF3N3O4/c1-3-33-9-8-31-19-6-5-16(35-24(26,27)28)12-17(19)18(22(31)25)13-29-30-23(32)21-11-15-10-14(2)4-7-20(15)34-21/h4-7,10-13H,3,8-9H2,1-2H3,(H,30,32)/b29-13+. The van der Waals surface area contributed by atoms with E-state index in [1.54, 1.807) is 16.7 Å². The number of rotatable bonds is 8. The van der Waals surface area contributed by atoms with Gasteiger partial charge in [0, 0.05) is 29.5 Å². The van der Waals surface area contributed by atoms with Crippen LogP contribution in [0.2, 0.25) is 5.15 Å². The molecule has 1 N–H and O–H groups in total. The van der Waals surface area contributed by atoms with Gasteiger partial charge in [0.15, 0.2) is 5.76 Å². The second kappa shape index (κ2) is 10.0. The molecule has 0 radical (unpaired) electrons. The monoisotopic (exact) mass is 507 g/mol. The van der Waals surface area contributed by atoms with Crippen LogP contribution in [0.1, 0.15) is 28.6 Å². The number of ether oxygens (including phenoxy) is 2. The van der Waals surface area contributed by atoms with Crippen molar-refractivity contribution < 1.29 is 31.9 Å². The van der Waals surface area contributed by atoms with Gasteiger partial charge in [-0.3, -0.25) is 4.79 Å². The molecule has 0 spiro atoms. The van der Waals surface area contributed by atoms with Gasteiger partial charge in [-0.1, -0.05) is 23.2 Å². The Morgan fingerprint density at radius 1 is 1.23 bits per heavy atom. The van der Waals surface area contributed by atoms with E-state index in [1.165, 1.54) is 24.4 Å². The fourth-order valence-corrected chi connectivity index (χ4v) is 3.98. The van der Waals surface area contributed by atoms with Gasteiger partial charge in [-0.25, -0.2) is 5.43 Å². The Labute approximate surface area is 203 Å². The van der Waals surface area contributed by atoms with Crippen molar-refractivity contribution >= 4 is 45.6 Å². The summed E-state index contributed by atoms with van der Waals surface area (Å²) in [4.78, 5) is 12.5. The molecule has 184 valence electrons. The van der Waals surface area contributed by atoms with Crippen LogP contribution in [-0.2, 0) is 11.3 Å². The Hall–Kier alpha value is -3.50.